The van der Waals surface area contributed by atoms with Gasteiger partial charge in [-0.3, -0.25) is 9.69 Å². The largest absolute Gasteiger partial charge is 0.379 e. The summed E-state index contributed by atoms with van der Waals surface area (Å²) in [5, 5.41) is 6.24. The molecule has 1 fully saturated rings. The summed E-state index contributed by atoms with van der Waals surface area (Å²) in [6.07, 6.45) is 3.42. The van der Waals surface area contributed by atoms with Crippen molar-refractivity contribution in [2.75, 3.05) is 32.8 Å². The molecular weight excluding hydrogens is 298 g/mol. The third kappa shape index (κ3) is 6.02. The van der Waals surface area contributed by atoms with Crippen molar-refractivity contribution in [2.24, 2.45) is 0 Å². The molecule has 1 N–H and O–H groups in total. The average Bonchev–Trinajstić information content (AvgIpc) is 2.95. The molecule has 5 nitrogen and oxygen atoms in total. The summed E-state index contributed by atoms with van der Waals surface area (Å²) in [5.74, 6) is 0.162. The number of hydrogen-bond donors (Lipinski definition) is 1. The van der Waals surface area contributed by atoms with Crippen LogP contribution in [0.4, 0.5) is 0 Å². The molecule has 0 spiro atoms. The number of aromatic nitrogens is 1. The Morgan fingerprint density at radius 1 is 1.50 bits per heavy atom. The Hall–Kier alpha value is -0.980. The minimum atomic E-state index is 0.162. The van der Waals surface area contributed by atoms with Crippen LogP contribution in [0.15, 0.2) is 5.38 Å². The van der Waals surface area contributed by atoms with Crippen molar-refractivity contribution in [3.63, 3.8) is 0 Å². The predicted octanol–water partition coefficient (Wildman–Crippen LogP) is 2.00. The number of amides is 1. The van der Waals surface area contributed by atoms with Gasteiger partial charge in [-0.15, -0.1) is 11.3 Å². The second-order valence-electron chi connectivity index (χ2n) is 5.87. The predicted molar refractivity (Wildman–Crippen MR) is 89.3 cm³/mol. The molecule has 0 aliphatic carbocycles. The number of nitrogens with one attached hydrogen (secondary N) is 1. The van der Waals surface area contributed by atoms with E-state index in [1.165, 1.54) is 0 Å². The van der Waals surface area contributed by atoms with Gasteiger partial charge in [0.1, 0.15) is 0 Å². The van der Waals surface area contributed by atoms with Gasteiger partial charge in [0.05, 0.1) is 18.2 Å². The molecule has 0 bridgehead atoms. The molecule has 0 saturated carbocycles. The molecule has 1 aromatic heterocycles. The Kier molecular flexibility index (Phi) is 7.29. The summed E-state index contributed by atoms with van der Waals surface area (Å²) in [6, 6.07) is 0.452. The number of nitrogens with zero attached hydrogens (tertiary/aromatic N) is 2. The first-order chi connectivity index (χ1) is 10.6. The molecule has 1 aromatic rings. The zero-order valence-corrected chi connectivity index (χ0v) is 14.5. The van der Waals surface area contributed by atoms with Crippen molar-refractivity contribution >= 4 is 17.2 Å². The highest BCUT2D eigenvalue weighted by Crippen LogP contribution is 2.11. The van der Waals surface area contributed by atoms with Gasteiger partial charge in [-0.05, 0) is 26.7 Å². The van der Waals surface area contributed by atoms with Crippen LogP contribution in [0.25, 0.3) is 0 Å². The molecule has 1 saturated heterocycles. The van der Waals surface area contributed by atoms with Gasteiger partial charge in [0.2, 0.25) is 5.91 Å². The summed E-state index contributed by atoms with van der Waals surface area (Å²) in [5.41, 5.74) is 1.08. The van der Waals surface area contributed by atoms with Gasteiger partial charge in [-0.25, -0.2) is 4.98 Å². The standard InChI is InChI=1S/C16H27N3O2S/c1-13-12-22-16(18-13)4-3-7-17-15(20)6-5-14(2)19-8-10-21-11-9-19/h12,14H,3-11H2,1-2H3,(H,17,20). The Bertz CT molecular complexity index is 458. The summed E-state index contributed by atoms with van der Waals surface area (Å²) in [4.78, 5) is 18.7. The lowest BCUT2D eigenvalue weighted by atomic mass is 10.1. The maximum Gasteiger partial charge on any atom is 0.220 e. The molecule has 1 unspecified atom stereocenters. The zero-order valence-electron chi connectivity index (χ0n) is 13.6. The smallest absolute Gasteiger partial charge is 0.220 e. The van der Waals surface area contributed by atoms with Gasteiger partial charge in [0, 0.05) is 49.6 Å². The maximum absolute atomic E-state index is 11.9. The molecule has 2 rings (SSSR count). The summed E-state index contributed by atoms with van der Waals surface area (Å²) in [7, 11) is 0. The monoisotopic (exact) mass is 325 g/mol. The summed E-state index contributed by atoms with van der Waals surface area (Å²) >= 11 is 1.70. The minimum Gasteiger partial charge on any atom is -0.379 e. The second kappa shape index (κ2) is 9.22. The third-order valence-electron chi connectivity index (χ3n) is 4.01. The van der Waals surface area contributed by atoms with Gasteiger partial charge in [-0.1, -0.05) is 0 Å². The van der Waals surface area contributed by atoms with E-state index in [1.807, 2.05) is 6.92 Å². The maximum atomic E-state index is 11.9. The van der Waals surface area contributed by atoms with Crippen molar-refractivity contribution < 1.29 is 9.53 Å². The molecular formula is C16H27N3O2S. The topological polar surface area (TPSA) is 54.5 Å². The van der Waals surface area contributed by atoms with Crippen LogP contribution < -0.4 is 5.32 Å². The molecule has 2 heterocycles. The van der Waals surface area contributed by atoms with Crippen LogP contribution in [-0.4, -0.2) is 54.7 Å². The highest BCUT2D eigenvalue weighted by atomic mass is 32.1. The second-order valence-corrected chi connectivity index (χ2v) is 6.81. The van der Waals surface area contributed by atoms with Gasteiger partial charge in [0.25, 0.3) is 0 Å². The number of carbonyl (C=O) groups is 1. The van der Waals surface area contributed by atoms with Gasteiger partial charge < -0.3 is 10.1 Å². The van der Waals surface area contributed by atoms with Crippen molar-refractivity contribution in [3.8, 4) is 0 Å². The lowest BCUT2D eigenvalue weighted by Crippen LogP contribution is -2.42. The summed E-state index contributed by atoms with van der Waals surface area (Å²) < 4.78 is 5.35. The molecule has 6 heteroatoms. The SMILES string of the molecule is Cc1csc(CCCNC(=O)CCC(C)N2CCOCC2)n1. The number of hydrogen-bond acceptors (Lipinski definition) is 5. The lowest BCUT2D eigenvalue weighted by Gasteiger charge is -2.32. The lowest BCUT2D eigenvalue weighted by molar-refractivity contribution is -0.121. The Balaban J connectivity index is 1.53. The average molecular weight is 325 g/mol. The van der Waals surface area contributed by atoms with E-state index in [0.717, 1.165) is 62.8 Å². The summed E-state index contributed by atoms with van der Waals surface area (Å²) in [6.45, 7) is 8.54. The Morgan fingerprint density at radius 2 is 2.27 bits per heavy atom. The van der Waals surface area contributed by atoms with Crippen molar-refractivity contribution in [2.45, 2.75) is 45.6 Å². The van der Waals surface area contributed by atoms with E-state index in [4.69, 9.17) is 4.74 Å². The molecule has 22 heavy (non-hydrogen) atoms. The van der Waals surface area contributed by atoms with Crippen molar-refractivity contribution in [3.05, 3.63) is 16.1 Å². The molecule has 1 aliphatic rings. The van der Waals surface area contributed by atoms with Gasteiger partial charge in [-0.2, -0.15) is 0 Å². The zero-order chi connectivity index (χ0) is 15.8. The highest BCUT2D eigenvalue weighted by molar-refractivity contribution is 7.09. The fourth-order valence-corrected chi connectivity index (χ4v) is 3.43. The van der Waals surface area contributed by atoms with Crippen LogP contribution in [0.2, 0.25) is 0 Å². The van der Waals surface area contributed by atoms with Crippen LogP contribution in [-0.2, 0) is 16.0 Å². The van der Waals surface area contributed by atoms with E-state index in [1.54, 1.807) is 11.3 Å². The van der Waals surface area contributed by atoms with E-state index >= 15 is 0 Å². The van der Waals surface area contributed by atoms with E-state index in [0.29, 0.717) is 12.5 Å². The number of aryl methyl sites for hydroxylation is 2. The van der Waals surface area contributed by atoms with Crippen LogP contribution in [0.3, 0.4) is 0 Å². The third-order valence-corrected chi connectivity index (χ3v) is 5.04. The molecule has 0 aromatic carbocycles. The van der Waals surface area contributed by atoms with Crippen LogP contribution in [0.5, 0.6) is 0 Å². The molecule has 1 amide bonds. The Labute approximate surface area is 137 Å². The highest BCUT2D eigenvalue weighted by Gasteiger charge is 2.17. The van der Waals surface area contributed by atoms with Crippen molar-refractivity contribution in [1.82, 2.24) is 15.2 Å². The van der Waals surface area contributed by atoms with Gasteiger partial charge in [0.15, 0.2) is 0 Å². The number of rotatable bonds is 8. The van der Waals surface area contributed by atoms with Crippen LogP contribution in [0, 0.1) is 6.92 Å². The van der Waals surface area contributed by atoms with E-state index in [2.05, 4.69) is 27.5 Å². The number of ether oxygens (including phenoxy) is 1. The van der Waals surface area contributed by atoms with E-state index in [9.17, 15) is 4.79 Å². The van der Waals surface area contributed by atoms with Crippen molar-refractivity contribution in [1.29, 1.82) is 0 Å². The van der Waals surface area contributed by atoms with Gasteiger partial charge >= 0.3 is 0 Å². The minimum absolute atomic E-state index is 0.162. The molecule has 1 atom stereocenters. The Morgan fingerprint density at radius 3 is 2.95 bits per heavy atom. The van der Waals surface area contributed by atoms with Crippen LogP contribution >= 0.6 is 11.3 Å². The van der Waals surface area contributed by atoms with E-state index in [-0.39, 0.29) is 5.91 Å². The normalized spacial score (nSPS) is 17.4. The number of morpholine rings is 1. The fraction of sp³-hybridized carbons (Fsp3) is 0.750. The number of carbonyl (C=O) groups excluding carboxylic acids is 1. The van der Waals surface area contributed by atoms with Crippen LogP contribution in [0.1, 0.15) is 36.9 Å². The quantitative estimate of drug-likeness (QED) is 0.743. The molecule has 124 valence electrons. The fourth-order valence-electron chi connectivity index (χ4n) is 2.61. The first-order valence-corrected chi connectivity index (χ1v) is 9.02. The molecule has 0 radical (unpaired) electrons. The number of thiazole rings is 1. The first kappa shape index (κ1) is 17.4. The first-order valence-electron chi connectivity index (χ1n) is 8.14. The molecule has 1 aliphatic heterocycles. The van der Waals surface area contributed by atoms with E-state index < -0.39 is 0 Å².